The standard InChI is InChI=1S/C25H35F3N10O/c1-5-6-19(25(26,27)28)32-24-33-21(29)23-31-14-18(38(23)34-24)12-17-11-16(2)22(30-13-17)37-9-7-36(8-10-37)20(39)15-35(3)4/h11,13-14,19H,5-10,12,15H2,1-4H3,(H3,29,32,33,34)/t19-/m0/s1. The van der Waals surface area contributed by atoms with Crippen LogP contribution in [0.15, 0.2) is 18.5 Å². The Hall–Kier alpha value is -3.68. The topological polar surface area (TPSA) is 121 Å². The van der Waals surface area contributed by atoms with Gasteiger partial charge in [-0.3, -0.25) is 4.79 Å². The average Bonchev–Trinajstić information content (AvgIpc) is 3.26. The van der Waals surface area contributed by atoms with E-state index in [9.17, 15) is 18.0 Å². The van der Waals surface area contributed by atoms with Crippen LogP contribution in [-0.4, -0.2) is 99.3 Å². The highest BCUT2D eigenvalue weighted by Gasteiger charge is 2.39. The van der Waals surface area contributed by atoms with Crippen molar-refractivity contribution in [2.75, 3.05) is 62.8 Å². The summed E-state index contributed by atoms with van der Waals surface area (Å²) >= 11 is 0. The molecule has 39 heavy (non-hydrogen) atoms. The molecule has 1 amide bonds. The number of pyridine rings is 1. The maximum Gasteiger partial charge on any atom is 0.408 e. The lowest BCUT2D eigenvalue weighted by molar-refractivity contribution is -0.144. The van der Waals surface area contributed by atoms with E-state index in [1.165, 1.54) is 4.52 Å². The molecule has 0 aliphatic carbocycles. The summed E-state index contributed by atoms with van der Waals surface area (Å²) in [6.45, 7) is 6.74. The number of rotatable bonds is 9. The number of nitrogens with one attached hydrogen (secondary N) is 1. The van der Waals surface area contributed by atoms with Gasteiger partial charge in [-0.05, 0) is 38.6 Å². The number of alkyl halides is 3. The number of aromatic nitrogens is 5. The molecule has 1 fully saturated rings. The molecule has 0 unspecified atom stereocenters. The number of hydrogen-bond acceptors (Lipinski definition) is 9. The second kappa shape index (κ2) is 11.6. The van der Waals surface area contributed by atoms with E-state index in [4.69, 9.17) is 10.7 Å². The predicted molar refractivity (Wildman–Crippen MR) is 143 cm³/mol. The maximum atomic E-state index is 13.4. The fraction of sp³-hybridized carbons (Fsp3) is 0.560. The molecule has 3 aromatic heterocycles. The van der Waals surface area contributed by atoms with Crippen molar-refractivity contribution in [1.82, 2.24) is 34.4 Å². The van der Waals surface area contributed by atoms with Crippen molar-refractivity contribution in [3.63, 3.8) is 0 Å². The molecule has 0 radical (unpaired) electrons. The zero-order valence-corrected chi connectivity index (χ0v) is 22.7. The van der Waals surface area contributed by atoms with Crippen molar-refractivity contribution in [1.29, 1.82) is 0 Å². The number of hydrogen-bond donors (Lipinski definition) is 2. The Morgan fingerprint density at radius 2 is 1.90 bits per heavy atom. The maximum absolute atomic E-state index is 13.4. The molecule has 14 heteroatoms. The summed E-state index contributed by atoms with van der Waals surface area (Å²) in [4.78, 5) is 31.2. The number of piperazine rings is 1. The minimum atomic E-state index is -4.44. The summed E-state index contributed by atoms with van der Waals surface area (Å²) in [6.07, 6.45) is -0.450. The van der Waals surface area contributed by atoms with Gasteiger partial charge in [0.2, 0.25) is 11.9 Å². The van der Waals surface area contributed by atoms with Crippen molar-refractivity contribution in [3.05, 3.63) is 35.3 Å². The summed E-state index contributed by atoms with van der Waals surface area (Å²) in [7, 11) is 3.76. The number of nitrogens with two attached hydrogens (primary N) is 1. The molecular formula is C25H35F3N10O. The second-order valence-electron chi connectivity index (χ2n) is 10.1. The van der Waals surface area contributed by atoms with Crippen LogP contribution in [0.5, 0.6) is 0 Å². The quantitative estimate of drug-likeness (QED) is 0.415. The number of imidazole rings is 1. The van der Waals surface area contributed by atoms with E-state index in [0.717, 1.165) is 16.9 Å². The van der Waals surface area contributed by atoms with Gasteiger partial charge in [0, 0.05) is 38.8 Å². The van der Waals surface area contributed by atoms with Crippen LogP contribution in [0, 0.1) is 6.92 Å². The fourth-order valence-corrected chi connectivity index (χ4v) is 4.69. The van der Waals surface area contributed by atoms with Crippen LogP contribution < -0.4 is 16.0 Å². The van der Waals surface area contributed by atoms with Crippen LogP contribution in [0.4, 0.5) is 30.8 Å². The van der Waals surface area contributed by atoms with Crippen LogP contribution in [-0.2, 0) is 11.2 Å². The molecule has 1 saturated heterocycles. The van der Waals surface area contributed by atoms with E-state index in [0.29, 0.717) is 51.3 Å². The first-order valence-corrected chi connectivity index (χ1v) is 12.9. The largest absolute Gasteiger partial charge is 0.408 e. The van der Waals surface area contributed by atoms with Crippen LogP contribution >= 0.6 is 0 Å². The number of fused-ring (bicyclic) bond motifs is 1. The molecule has 4 heterocycles. The van der Waals surface area contributed by atoms with E-state index in [1.54, 1.807) is 19.3 Å². The SMILES string of the molecule is CCC[C@H](Nc1nc(N)c2ncc(Cc3cnc(N4CCN(C(=O)CN(C)C)CC4)c(C)c3)n2n1)C(F)(F)F. The lowest BCUT2D eigenvalue weighted by atomic mass is 10.1. The fourth-order valence-electron chi connectivity index (χ4n) is 4.69. The van der Waals surface area contributed by atoms with Crippen molar-refractivity contribution < 1.29 is 18.0 Å². The van der Waals surface area contributed by atoms with Gasteiger partial charge in [0.15, 0.2) is 11.5 Å². The van der Waals surface area contributed by atoms with Gasteiger partial charge in [0.05, 0.1) is 18.4 Å². The number of carbonyl (C=O) groups is 1. The van der Waals surface area contributed by atoms with Gasteiger partial charge in [-0.1, -0.05) is 19.4 Å². The second-order valence-corrected chi connectivity index (χ2v) is 10.1. The number of amides is 1. The highest BCUT2D eigenvalue weighted by molar-refractivity contribution is 5.78. The third-order valence-electron chi connectivity index (χ3n) is 6.61. The smallest absolute Gasteiger partial charge is 0.380 e. The number of nitrogens with zero attached hydrogens (tertiary/aromatic N) is 8. The van der Waals surface area contributed by atoms with E-state index >= 15 is 0 Å². The first-order chi connectivity index (χ1) is 18.5. The lowest BCUT2D eigenvalue weighted by Gasteiger charge is -2.36. The number of likely N-dealkylation sites (N-methyl/N-ethyl adjacent to an activating group) is 1. The van der Waals surface area contributed by atoms with Gasteiger partial charge in [-0.25, -0.2) is 14.5 Å². The van der Waals surface area contributed by atoms with E-state index in [2.05, 4.69) is 25.3 Å². The number of halogens is 3. The number of carbonyl (C=O) groups excluding carboxylic acids is 1. The van der Waals surface area contributed by atoms with Crippen molar-refractivity contribution in [2.45, 2.75) is 45.3 Å². The Bertz CT molecular complexity index is 1300. The summed E-state index contributed by atoms with van der Waals surface area (Å²) in [5, 5.41) is 6.65. The van der Waals surface area contributed by atoms with Gasteiger partial charge in [0.1, 0.15) is 11.9 Å². The molecule has 4 rings (SSSR count). The molecule has 0 bridgehead atoms. The molecule has 3 N–H and O–H groups in total. The van der Waals surface area contributed by atoms with Gasteiger partial charge in [0.25, 0.3) is 0 Å². The summed E-state index contributed by atoms with van der Waals surface area (Å²) in [6, 6.07) is 0.245. The number of anilines is 3. The third-order valence-corrected chi connectivity index (χ3v) is 6.61. The first kappa shape index (κ1) is 28.3. The van der Waals surface area contributed by atoms with Crippen LogP contribution in [0.25, 0.3) is 5.65 Å². The highest BCUT2D eigenvalue weighted by Crippen LogP contribution is 2.27. The zero-order valence-electron chi connectivity index (χ0n) is 22.7. The van der Waals surface area contributed by atoms with Crippen molar-refractivity contribution >= 4 is 29.1 Å². The molecule has 1 aliphatic rings. The minimum absolute atomic E-state index is 0.0102. The summed E-state index contributed by atoms with van der Waals surface area (Å²) in [5.74, 6) is 0.769. The molecular weight excluding hydrogens is 513 g/mol. The number of aryl methyl sites for hydroxylation is 1. The van der Waals surface area contributed by atoms with E-state index in [1.807, 2.05) is 36.9 Å². The molecule has 1 aliphatic heterocycles. The Balaban J connectivity index is 1.48. The Morgan fingerprint density at radius 3 is 2.51 bits per heavy atom. The Morgan fingerprint density at radius 1 is 1.18 bits per heavy atom. The molecule has 0 aromatic carbocycles. The van der Waals surface area contributed by atoms with E-state index in [-0.39, 0.29) is 29.7 Å². The number of nitrogen functional groups attached to an aromatic ring is 1. The minimum Gasteiger partial charge on any atom is -0.380 e. The van der Waals surface area contributed by atoms with Crippen molar-refractivity contribution in [3.8, 4) is 0 Å². The molecule has 0 spiro atoms. The van der Waals surface area contributed by atoms with Gasteiger partial charge in [-0.15, -0.1) is 5.10 Å². The zero-order chi connectivity index (χ0) is 28.3. The molecule has 212 valence electrons. The van der Waals surface area contributed by atoms with Gasteiger partial charge in [-0.2, -0.15) is 18.2 Å². The first-order valence-electron chi connectivity index (χ1n) is 12.9. The summed E-state index contributed by atoms with van der Waals surface area (Å²) in [5.41, 5.74) is 8.79. The molecule has 1 atom stereocenters. The van der Waals surface area contributed by atoms with Crippen LogP contribution in [0.3, 0.4) is 0 Å². The van der Waals surface area contributed by atoms with Gasteiger partial charge >= 0.3 is 6.18 Å². The van der Waals surface area contributed by atoms with Gasteiger partial charge < -0.3 is 25.8 Å². The summed E-state index contributed by atoms with van der Waals surface area (Å²) < 4.78 is 41.7. The van der Waals surface area contributed by atoms with E-state index < -0.39 is 12.2 Å². The third kappa shape index (κ3) is 6.67. The average molecular weight is 549 g/mol. The lowest BCUT2D eigenvalue weighted by Crippen LogP contribution is -2.51. The van der Waals surface area contributed by atoms with Crippen LogP contribution in [0.1, 0.15) is 36.6 Å². The van der Waals surface area contributed by atoms with Crippen LogP contribution in [0.2, 0.25) is 0 Å². The molecule has 3 aromatic rings. The highest BCUT2D eigenvalue weighted by atomic mass is 19.4. The Kier molecular flexibility index (Phi) is 8.42. The molecule has 0 saturated carbocycles. The monoisotopic (exact) mass is 548 g/mol. The normalized spacial score (nSPS) is 15.3. The Labute approximate surface area is 225 Å². The molecule has 11 nitrogen and oxygen atoms in total. The van der Waals surface area contributed by atoms with Crippen molar-refractivity contribution in [2.24, 2.45) is 0 Å². The predicted octanol–water partition coefficient (Wildman–Crippen LogP) is 2.35.